The fraction of sp³-hybridized carbons (Fsp3) is 0.632. The normalized spacial score (nSPS) is 17.1. The van der Waals surface area contributed by atoms with E-state index in [1.165, 1.54) is 0 Å². The molecule has 1 heterocycles. The van der Waals surface area contributed by atoms with Gasteiger partial charge in [-0.2, -0.15) is 4.31 Å². The molecule has 5 nitrogen and oxygen atoms in total. The molecule has 0 unspecified atom stereocenters. The van der Waals surface area contributed by atoms with Crippen molar-refractivity contribution >= 4 is 21.6 Å². The van der Waals surface area contributed by atoms with Gasteiger partial charge < -0.3 is 5.32 Å². The maximum atomic E-state index is 13.1. The van der Waals surface area contributed by atoms with Crippen LogP contribution in [0.3, 0.4) is 0 Å². The molecule has 0 atom stereocenters. The minimum atomic E-state index is -3.53. The summed E-state index contributed by atoms with van der Waals surface area (Å²) in [4.78, 5) is 12.7. The van der Waals surface area contributed by atoms with E-state index in [1.807, 2.05) is 20.8 Å². The van der Waals surface area contributed by atoms with Crippen molar-refractivity contribution in [1.82, 2.24) is 4.31 Å². The highest BCUT2D eigenvalue weighted by molar-refractivity contribution is 7.89. The predicted octanol–water partition coefficient (Wildman–Crippen LogP) is 3.93. The van der Waals surface area contributed by atoms with Gasteiger partial charge in [0.15, 0.2) is 0 Å². The number of carbonyl (C=O) groups excluding carboxylic acids is 1. The Bertz CT molecular complexity index is 718. The molecule has 1 aromatic carbocycles. The summed E-state index contributed by atoms with van der Waals surface area (Å²) < 4.78 is 27.7. The second-order valence-electron chi connectivity index (χ2n) is 7.49. The fourth-order valence-electron chi connectivity index (χ4n) is 2.84. The van der Waals surface area contributed by atoms with Crippen molar-refractivity contribution in [2.75, 3.05) is 18.4 Å². The van der Waals surface area contributed by atoms with E-state index < -0.39 is 15.4 Å². The molecule has 140 valence electrons. The van der Waals surface area contributed by atoms with Gasteiger partial charge in [-0.15, -0.1) is 0 Å². The molecule has 1 N–H and O–H groups in total. The summed E-state index contributed by atoms with van der Waals surface area (Å²) in [7, 11) is -3.53. The van der Waals surface area contributed by atoms with Crippen LogP contribution in [0.2, 0.25) is 0 Å². The van der Waals surface area contributed by atoms with Crippen LogP contribution in [0.5, 0.6) is 0 Å². The Morgan fingerprint density at radius 3 is 2.32 bits per heavy atom. The number of sulfonamides is 1. The topological polar surface area (TPSA) is 66.5 Å². The lowest BCUT2D eigenvalue weighted by Gasteiger charge is -2.23. The number of aryl methyl sites for hydroxylation is 1. The Morgan fingerprint density at radius 2 is 1.76 bits per heavy atom. The lowest BCUT2D eigenvalue weighted by Crippen LogP contribution is -2.33. The molecule has 1 aliphatic heterocycles. The first-order valence-corrected chi connectivity index (χ1v) is 10.5. The number of rotatable bonds is 5. The molecule has 0 radical (unpaired) electrons. The molecule has 1 aromatic rings. The van der Waals surface area contributed by atoms with E-state index >= 15 is 0 Å². The van der Waals surface area contributed by atoms with Crippen LogP contribution in [0.1, 0.15) is 58.4 Å². The monoisotopic (exact) mass is 366 g/mol. The molecule has 1 fully saturated rings. The molecule has 0 spiro atoms. The standard InChI is InChI=1S/C19H30N2O3S/c1-5-19(3,4)18(22)20-16-11-10-15(2)17(14-16)25(23,24)21-12-8-6-7-9-13-21/h10-11,14H,5-9,12-13H2,1-4H3,(H,20,22). The average molecular weight is 367 g/mol. The fourth-order valence-corrected chi connectivity index (χ4v) is 4.61. The molecule has 1 aliphatic rings. The van der Waals surface area contributed by atoms with Crippen LogP contribution in [-0.2, 0) is 14.8 Å². The Morgan fingerprint density at radius 1 is 1.16 bits per heavy atom. The van der Waals surface area contributed by atoms with Crippen molar-refractivity contribution in [2.45, 2.75) is 64.7 Å². The quantitative estimate of drug-likeness (QED) is 0.858. The van der Waals surface area contributed by atoms with Gasteiger partial charge in [-0.05, 0) is 43.9 Å². The lowest BCUT2D eigenvalue weighted by atomic mass is 9.89. The summed E-state index contributed by atoms with van der Waals surface area (Å²) >= 11 is 0. The zero-order valence-electron chi connectivity index (χ0n) is 15.8. The molecule has 0 bridgehead atoms. The van der Waals surface area contributed by atoms with Crippen molar-refractivity contribution in [3.05, 3.63) is 23.8 Å². The zero-order valence-corrected chi connectivity index (χ0v) is 16.6. The third-order valence-electron chi connectivity index (χ3n) is 5.13. The number of hydrogen-bond donors (Lipinski definition) is 1. The Balaban J connectivity index is 2.30. The van der Waals surface area contributed by atoms with Crippen LogP contribution in [0, 0.1) is 12.3 Å². The van der Waals surface area contributed by atoms with Gasteiger partial charge in [-0.25, -0.2) is 8.42 Å². The van der Waals surface area contributed by atoms with Crippen molar-refractivity contribution in [3.63, 3.8) is 0 Å². The minimum Gasteiger partial charge on any atom is -0.326 e. The minimum absolute atomic E-state index is 0.100. The van der Waals surface area contributed by atoms with Crippen molar-refractivity contribution < 1.29 is 13.2 Å². The summed E-state index contributed by atoms with van der Waals surface area (Å²) in [5, 5.41) is 2.87. The van der Waals surface area contributed by atoms with Gasteiger partial charge in [-0.3, -0.25) is 4.79 Å². The van der Waals surface area contributed by atoms with Crippen molar-refractivity contribution in [2.24, 2.45) is 5.41 Å². The average Bonchev–Trinajstić information content (AvgIpc) is 2.86. The molecule has 0 aliphatic carbocycles. The van der Waals surface area contributed by atoms with E-state index in [-0.39, 0.29) is 5.91 Å². The smallest absolute Gasteiger partial charge is 0.243 e. The first-order chi connectivity index (χ1) is 11.7. The van der Waals surface area contributed by atoms with Gasteiger partial charge in [-0.1, -0.05) is 39.7 Å². The molecule has 25 heavy (non-hydrogen) atoms. The Hall–Kier alpha value is -1.40. The second-order valence-corrected chi connectivity index (χ2v) is 9.40. The SMILES string of the molecule is CCC(C)(C)C(=O)Nc1ccc(C)c(S(=O)(=O)N2CCCCCC2)c1. The lowest BCUT2D eigenvalue weighted by molar-refractivity contribution is -0.124. The Kier molecular flexibility index (Phi) is 6.27. The van der Waals surface area contributed by atoms with Crippen LogP contribution in [0.25, 0.3) is 0 Å². The van der Waals surface area contributed by atoms with E-state index in [2.05, 4.69) is 5.32 Å². The highest BCUT2D eigenvalue weighted by Crippen LogP contribution is 2.27. The van der Waals surface area contributed by atoms with Gasteiger partial charge in [0.2, 0.25) is 15.9 Å². The zero-order chi connectivity index (χ0) is 18.7. The largest absolute Gasteiger partial charge is 0.326 e. The number of hydrogen-bond acceptors (Lipinski definition) is 3. The maximum absolute atomic E-state index is 13.1. The molecular weight excluding hydrogens is 336 g/mol. The van der Waals surface area contributed by atoms with Gasteiger partial charge in [0, 0.05) is 24.2 Å². The third-order valence-corrected chi connectivity index (χ3v) is 7.17. The van der Waals surface area contributed by atoms with Crippen molar-refractivity contribution in [3.8, 4) is 0 Å². The van der Waals surface area contributed by atoms with E-state index in [0.29, 0.717) is 35.7 Å². The van der Waals surface area contributed by atoms with E-state index in [9.17, 15) is 13.2 Å². The van der Waals surface area contributed by atoms with Crippen LogP contribution < -0.4 is 5.32 Å². The number of benzene rings is 1. The molecular formula is C19H30N2O3S. The van der Waals surface area contributed by atoms with Crippen LogP contribution in [0.4, 0.5) is 5.69 Å². The van der Waals surface area contributed by atoms with E-state index in [1.54, 1.807) is 29.4 Å². The number of nitrogens with zero attached hydrogens (tertiary/aromatic N) is 1. The molecule has 0 aromatic heterocycles. The highest BCUT2D eigenvalue weighted by Gasteiger charge is 2.28. The number of carbonyl (C=O) groups is 1. The highest BCUT2D eigenvalue weighted by atomic mass is 32.2. The van der Waals surface area contributed by atoms with Crippen LogP contribution in [-0.4, -0.2) is 31.7 Å². The molecule has 1 amide bonds. The molecule has 6 heteroatoms. The summed E-state index contributed by atoms with van der Waals surface area (Å²) in [6.45, 7) is 8.66. The third kappa shape index (κ3) is 4.61. The number of nitrogens with one attached hydrogen (secondary N) is 1. The van der Waals surface area contributed by atoms with Crippen LogP contribution >= 0.6 is 0 Å². The first-order valence-electron chi connectivity index (χ1n) is 9.11. The molecule has 2 rings (SSSR count). The maximum Gasteiger partial charge on any atom is 0.243 e. The van der Waals surface area contributed by atoms with Gasteiger partial charge in [0.25, 0.3) is 0 Å². The summed E-state index contributed by atoms with van der Waals surface area (Å²) in [6.07, 6.45) is 4.67. The predicted molar refractivity (Wildman–Crippen MR) is 101 cm³/mol. The van der Waals surface area contributed by atoms with Crippen molar-refractivity contribution in [1.29, 1.82) is 0 Å². The summed E-state index contributed by atoms with van der Waals surface area (Å²) in [5.74, 6) is -0.100. The summed E-state index contributed by atoms with van der Waals surface area (Å²) in [5.41, 5.74) is 0.747. The number of anilines is 1. The first kappa shape index (κ1) is 19.9. The molecule has 0 saturated carbocycles. The van der Waals surface area contributed by atoms with E-state index in [4.69, 9.17) is 0 Å². The van der Waals surface area contributed by atoms with Gasteiger partial charge >= 0.3 is 0 Å². The molecule has 1 saturated heterocycles. The second kappa shape index (κ2) is 7.87. The summed E-state index contributed by atoms with van der Waals surface area (Å²) in [6, 6.07) is 5.12. The van der Waals surface area contributed by atoms with Crippen LogP contribution in [0.15, 0.2) is 23.1 Å². The Labute approximate surface area is 151 Å². The number of amides is 1. The van der Waals surface area contributed by atoms with E-state index in [0.717, 1.165) is 25.7 Å². The van der Waals surface area contributed by atoms with Gasteiger partial charge in [0.05, 0.1) is 4.90 Å². The van der Waals surface area contributed by atoms with Gasteiger partial charge in [0.1, 0.15) is 0 Å².